The van der Waals surface area contributed by atoms with Crippen LogP contribution in [0.5, 0.6) is 0 Å². The Balaban J connectivity index is 1.95. The minimum atomic E-state index is -0.886. The van der Waals surface area contributed by atoms with Gasteiger partial charge < -0.3 is 10.3 Å². The van der Waals surface area contributed by atoms with Crippen molar-refractivity contribution in [1.82, 2.24) is 10.3 Å². The Bertz CT molecular complexity index is 826. The summed E-state index contributed by atoms with van der Waals surface area (Å²) in [4.78, 5) is 3.30. The molecule has 2 aromatic carbocycles. The van der Waals surface area contributed by atoms with E-state index < -0.39 is 6.17 Å². The minimum Gasteiger partial charge on any atom is -0.354 e. The molecule has 23 heavy (non-hydrogen) atoms. The molecule has 0 radical (unpaired) electrons. The van der Waals surface area contributed by atoms with Crippen molar-refractivity contribution in [3.63, 3.8) is 0 Å². The van der Waals surface area contributed by atoms with Crippen LogP contribution >= 0.6 is 0 Å². The number of aromatic amines is 1. The van der Waals surface area contributed by atoms with Crippen molar-refractivity contribution >= 4 is 10.9 Å². The van der Waals surface area contributed by atoms with Gasteiger partial charge in [-0.2, -0.15) is 0 Å². The summed E-state index contributed by atoms with van der Waals surface area (Å²) >= 11 is 0. The van der Waals surface area contributed by atoms with E-state index in [4.69, 9.17) is 0 Å². The summed E-state index contributed by atoms with van der Waals surface area (Å²) in [6, 6.07) is 14.5. The number of hydrogen-bond acceptors (Lipinski definition) is 1. The van der Waals surface area contributed by atoms with Crippen LogP contribution in [0, 0.1) is 5.82 Å². The number of halogens is 2. The van der Waals surface area contributed by atoms with Crippen LogP contribution in [-0.2, 0) is 0 Å². The van der Waals surface area contributed by atoms with Crippen LogP contribution in [0.15, 0.2) is 48.5 Å². The first-order valence-corrected chi connectivity index (χ1v) is 7.95. The number of alkyl halides is 1. The Morgan fingerprint density at radius 3 is 2.65 bits per heavy atom. The highest BCUT2D eigenvalue weighted by atomic mass is 19.1. The molecule has 2 N–H and O–H groups in total. The second-order valence-corrected chi connectivity index (χ2v) is 6.08. The zero-order valence-electron chi connectivity index (χ0n) is 12.7. The SMILES string of the molecule is Fc1ccc2c([C@@H]3CNCC[C@H]3F)c(-c3ccccc3)[nH]c2c1. The zero-order valence-corrected chi connectivity index (χ0v) is 12.7. The third-order valence-corrected chi connectivity index (χ3v) is 4.63. The van der Waals surface area contributed by atoms with Gasteiger partial charge in [0.05, 0.1) is 5.69 Å². The van der Waals surface area contributed by atoms with Crippen LogP contribution in [0.4, 0.5) is 8.78 Å². The quantitative estimate of drug-likeness (QED) is 0.721. The van der Waals surface area contributed by atoms with Gasteiger partial charge in [-0.25, -0.2) is 8.78 Å². The maximum atomic E-state index is 14.6. The lowest BCUT2D eigenvalue weighted by Crippen LogP contribution is -2.36. The minimum absolute atomic E-state index is 0.224. The Morgan fingerprint density at radius 2 is 1.87 bits per heavy atom. The fraction of sp³-hybridized carbons (Fsp3) is 0.263. The topological polar surface area (TPSA) is 27.8 Å². The molecule has 0 aliphatic carbocycles. The number of hydrogen-bond donors (Lipinski definition) is 2. The number of nitrogens with one attached hydrogen (secondary N) is 2. The number of aromatic nitrogens is 1. The van der Waals surface area contributed by atoms with Crippen molar-refractivity contribution in [1.29, 1.82) is 0 Å². The average Bonchev–Trinajstić information content (AvgIpc) is 2.94. The summed E-state index contributed by atoms with van der Waals surface area (Å²) in [6.45, 7) is 1.31. The van der Waals surface area contributed by atoms with Gasteiger partial charge in [-0.3, -0.25) is 0 Å². The predicted molar refractivity (Wildman–Crippen MR) is 88.8 cm³/mol. The van der Waals surface area contributed by atoms with Crippen LogP contribution in [0.25, 0.3) is 22.2 Å². The molecule has 2 heterocycles. The maximum absolute atomic E-state index is 14.6. The fourth-order valence-corrected chi connectivity index (χ4v) is 3.52. The summed E-state index contributed by atoms with van der Waals surface area (Å²) < 4.78 is 28.2. The Labute approximate surface area is 133 Å². The zero-order chi connectivity index (χ0) is 15.8. The van der Waals surface area contributed by atoms with Crippen LogP contribution in [0.2, 0.25) is 0 Å². The molecule has 1 aliphatic heterocycles. The highest BCUT2D eigenvalue weighted by Gasteiger charge is 2.31. The maximum Gasteiger partial charge on any atom is 0.125 e. The third kappa shape index (κ3) is 2.53. The summed E-state index contributed by atoms with van der Waals surface area (Å²) in [7, 11) is 0. The van der Waals surface area contributed by atoms with Crippen LogP contribution < -0.4 is 5.32 Å². The predicted octanol–water partition coefficient (Wildman–Crippen LogP) is 4.39. The fourth-order valence-electron chi connectivity index (χ4n) is 3.52. The molecule has 0 amide bonds. The Kier molecular flexibility index (Phi) is 3.62. The highest BCUT2D eigenvalue weighted by molar-refractivity contribution is 5.91. The van der Waals surface area contributed by atoms with E-state index in [1.54, 1.807) is 6.07 Å². The highest BCUT2D eigenvalue weighted by Crippen LogP contribution is 2.39. The molecule has 2 nitrogen and oxygen atoms in total. The summed E-state index contributed by atoms with van der Waals surface area (Å²) in [5.74, 6) is -0.512. The van der Waals surface area contributed by atoms with Crippen molar-refractivity contribution in [2.45, 2.75) is 18.5 Å². The molecule has 0 saturated carbocycles. The van der Waals surface area contributed by atoms with E-state index in [9.17, 15) is 8.78 Å². The van der Waals surface area contributed by atoms with Gasteiger partial charge in [-0.05, 0) is 42.3 Å². The van der Waals surface area contributed by atoms with E-state index in [1.165, 1.54) is 12.1 Å². The summed E-state index contributed by atoms with van der Waals surface area (Å²) in [5.41, 5.74) is 3.56. The summed E-state index contributed by atoms with van der Waals surface area (Å²) in [6.07, 6.45) is -0.380. The summed E-state index contributed by atoms with van der Waals surface area (Å²) in [5, 5.41) is 4.18. The molecule has 4 heteroatoms. The molecule has 3 aromatic rings. The van der Waals surface area contributed by atoms with Gasteiger partial charge in [0.15, 0.2) is 0 Å². The molecule has 1 fully saturated rings. The van der Waals surface area contributed by atoms with Gasteiger partial charge in [-0.15, -0.1) is 0 Å². The third-order valence-electron chi connectivity index (χ3n) is 4.63. The van der Waals surface area contributed by atoms with Crippen molar-refractivity contribution < 1.29 is 8.78 Å². The van der Waals surface area contributed by atoms with E-state index >= 15 is 0 Å². The van der Waals surface area contributed by atoms with Gasteiger partial charge in [0.25, 0.3) is 0 Å². The van der Waals surface area contributed by atoms with E-state index in [0.717, 1.165) is 27.7 Å². The lowest BCUT2D eigenvalue weighted by Gasteiger charge is -2.27. The van der Waals surface area contributed by atoms with Crippen LogP contribution in [0.3, 0.4) is 0 Å². The number of benzene rings is 2. The molecule has 0 spiro atoms. The van der Waals surface area contributed by atoms with Crippen molar-refractivity contribution in [3.05, 3.63) is 59.9 Å². The standard InChI is InChI=1S/C19H18F2N2/c20-13-6-7-14-17(10-13)23-19(12-4-2-1-3-5-12)18(14)15-11-22-9-8-16(15)21/h1-7,10,15-16,22-23H,8-9,11H2/t15-,16-/m1/s1. The number of piperidine rings is 1. The lowest BCUT2D eigenvalue weighted by atomic mass is 9.86. The molecule has 1 aliphatic rings. The first-order valence-electron chi connectivity index (χ1n) is 7.95. The van der Waals surface area contributed by atoms with Gasteiger partial charge in [-0.1, -0.05) is 30.3 Å². The molecule has 0 unspecified atom stereocenters. The van der Waals surface area contributed by atoms with Crippen LogP contribution in [0.1, 0.15) is 17.9 Å². The van der Waals surface area contributed by atoms with Crippen molar-refractivity contribution in [2.24, 2.45) is 0 Å². The van der Waals surface area contributed by atoms with E-state index in [2.05, 4.69) is 10.3 Å². The van der Waals surface area contributed by atoms with Gasteiger partial charge in [0.1, 0.15) is 12.0 Å². The van der Waals surface area contributed by atoms with Gasteiger partial charge in [0, 0.05) is 23.4 Å². The lowest BCUT2D eigenvalue weighted by molar-refractivity contribution is 0.229. The molecular weight excluding hydrogens is 294 g/mol. The normalized spacial score (nSPS) is 21.7. The molecule has 2 atom stereocenters. The van der Waals surface area contributed by atoms with Crippen molar-refractivity contribution in [3.8, 4) is 11.3 Å². The smallest absolute Gasteiger partial charge is 0.125 e. The largest absolute Gasteiger partial charge is 0.354 e. The Hall–Kier alpha value is -2.20. The molecule has 4 rings (SSSR count). The van der Waals surface area contributed by atoms with E-state index in [1.807, 2.05) is 30.3 Å². The van der Waals surface area contributed by atoms with Crippen LogP contribution in [-0.4, -0.2) is 24.2 Å². The molecule has 1 aromatic heterocycles. The van der Waals surface area contributed by atoms with E-state index in [0.29, 0.717) is 19.5 Å². The molecular formula is C19H18F2N2. The number of fused-ring (bicyclic) bond motifs is 1. The second kappa shape index (κ2) is 5.78. The first-order chi connectivity index (χ1) is 11.2. The number of H-pyrrole nitrogens is 1. The average molecular weight is 312 g/mol. The molecule has 0 bridgehead atoms. The molecule has 118 valence electrons. The van der Waals surface area contributed by atoms with Gasteiger partial charge in [0.2, 0.25) is 0 Å². The van der Waals surface area contributed by atoms with Crippen molar-refractivity contribution in [2.75, 3.05) is 13.1 Å². The number of rotatable bonds is 2. The molecule has 1 saturated heterocycles. The van der Waals surface area contributed by atoms with E-state index in [-0.39, 0.29) is 11.7 Å². The first kappa shape index (κ1) is 14.4. The van der Waals surface area contributed by atoms with Gasteiger partial charge >= 0.3 is 0 Å². The second-order valence-electron chi connectivity index (χ2n) is 6.08. The Morgan fingerprint density at radius 1 is 1.04 bits per heavy atom. The monoisotopic (exact) mass is 312 g/mol.